The summed E-state index contributed by atoms with van der Waals surface area (Å²) < 4.78 is 75.8. The van der Waals surface area contributed by atoms with Gasteiger partial charge in [-0.3, -0.25) is 0 Å². The van der Waals surface area contributed by atoms with E-state index in [1.54, 1.807) is 12.1 Å². The van der Waals surface area contributed by atoms with Crippen LogP contribution in [0.25, 0.3) is 12.2 Å². The van der Waals surface area contributed by atoms with E-state index in [9.17, 15) is 25.9 Å². The van der Waals surface area contributed by atoms with Gasteiger partial charge in [-0.25, -0.2) is 16.8 Å². The maximum Gasteiger partial charge on any atom is 1.00 e. The third kappa shape index (κ3) is 13.7. The minimum atomic E-state index is -5.10. The van der Waals surface area contributed by atoms with Gasteiger partial charge in [0.05, 0.1) is 9.79 Å². The Kier molecular flexibility index (Phi) is 16.7. The van der Waals surface area contributed by atoms with Crippen molar-refractivity contribution in [3.05, 3.63) is 181 Å². The molecule has 20 heteroatoms. The first-order valence-electron chi connectivity index (χ1n) is 19.4. The average Bonchev–Trinajstić information content (AvgIpc) is 3.27. The number of benzene rings is 6. The Morgan fingerprint density at radius 3 is 0.879 bits per heavy atom. The van der Waals surface area contributed by atoms with Crippen LogP contribution < -0.4 is 91.0 Å². The van der Waals surface area contributed by atoms with Crippen LogP contribution in [-0.4, -0.2) is 45.9 Å². The molecule has 0 aliphatic heterocycles. The first-order valence-corrected chi connectivity index (χ1v) is 22.2. The molecule has 2 aromatic heterocycles. The number of aromatic nitrogens is 4. The monoisotopic (exact) mass is 934 g/mol. The summed E-state index contributed by atoms with van der Waals surface area (Å²) >= 11 is 0. The van der Waals surface area contributed by atoms with E-state index < -0.39 is 30.0 Å². The molecular formula is C46H36N10Na2O6S2. The number of rotatable bonds is 16. The fourth-order valence-corrected chi connectivity index (χ4v) is 7.70. The van der Waals surface area contributed by atoms with E-state index >= 15 is 0 Å². The molecule has 0 aliphatic carbocycles. The molecule has 66 heavy (non-hydrogen) atoms. The van der Waals surface area contributed by atoms with Gasteiger partial charge in [0.15, 0.2) is 0 Å². The van der Waals surface area contributed by atoms with Gasteiger partial charge in [0.2, 0.25) is 11.9 Å². The standard InChI is InChI=1S/C46H38N10O6S2.2Na/c57-63(58,59)39-27-37(51-45-53-41(47-33-13-5-1-6-14-33)29-42(54-45)48-34-15-7-2-8-16-34)25-23-31(39)21-22-32-24-26-38(28-40(32)64(60,61)62)52-46-55-43(49-35-17-9-3-10-18-35)30-44(56-46)50-36-19-11-4-12-20-36;;/h1-30H,(H,57,58,59)(H,60,61,62)(H3,47,48,51,53,54)(H3,49,50,52,55,56);;/q;2*+1/p-2/b22-21+;;. The van der Waals surface area contributed by atoms with Crippen LogP contribution in [0, 0.1) is 0 Å². The molecule has 2 heterocycles. The Morgan fingerprint density at radius 1 is 0.348 bits per heavy atom. The fourth-order valence-electron chi connectivity index (χ4n) is 6.31. The first kappa shape index (κ1) is 49.3. The van der Waals surface area contributed by atoms with Crippen molar-refractivity contribution < 1.29 is 85.1 Å². The summed E-state index contributed by atoms with van der Waals surface area (Å²) in [5, 5.41) is 18.8. The maximum atomic E-state index is 12.6. The van der Waals surface area contributed by atoms with E-state index in [-0.39, 0.29) is 93.5 Å². The van der Waals surface area contributed by atoms with Crippen molar-refractivity contribution >= 4 is 102 Å². The van der Waals surface area contributed by atoms with Gasteiger partial charge < -0.3 is 41.0 Å². The summed E-state index contributed by atoms with van der Waals surface area (Å²) in [5.41, 5.74) is 3.22. The largest absolute Gasteiger partial charge is 1.00 e. The number of hydrogen-bond acceptors (Lipinski definition) is 16. The van der Waals surface area contributed by atoms with Crippen LogP contribution in [0.4, 0.5) is 69.3 Å². The first-order chi connectivity index (χ1) is 30.9. The summed E-state index contributed by atoms with van der Waals surface area (Å²) in [5.74, 6) is 1.79. The van der Waals surface area contributed by atoms with E-state index in [4.69, 9.17) is 0 Å². The summed E-state index contributed by atoms with van der Waals surface area (Å²) in [7, 11) is -10.2. The second kappa shape index (κ2) is 22.4. The molecule has 8 aromatic rings. The molecule has 0 fully saturated rings. The van der Waals surface area contributed by atoms with Crippen molar-refractivity contribution in [1.29, 1.82) is 0 Å². The molecule has 320 valence electrons. The number of anilines is 12. The topological polar surface area (TPSA) is 238 Å². The second-order valence-electron chi connectivity index (χ2n) is 13.9. The normalized spacial score (nSPS) is 11.1. The Morgan fingerprint density at radius 2 is 0.621 bits per heavy atom. The van der Waals surface area contributed by atoms with Crippen molar-refractivity contribution in [1.82, 2.24) is 19.9 Å². The Bertz CT molecular complexity index is 2850. The molecule has 0 radical (unpaired) electrons. The molecule has 0 bridgehead atoms. The van der Waals surface area contributed by atoms with Crippen molar-refractivity contribution in [2.45, 2.75) is 9.79 Å². The minimum Gasteiger partial charge on any atom is -0.744 e. The molecule has 6 aromatic carbocycles. The van der Waals surface area contributed by atoms with Gasteiger partial charge in [0, 0.05) is 46.3 Å². The Hall–Kier alpha value is -6.16. The van der Waals surface area contributed by atoms with Crippen LogP contribution >= 0.6 is 0 Å². The van der Waals surface area contributed by atoms with Crippen LogP contribution in [0.1, 0.15) is 11.1 Å². The number of hydrogen-bond donors (Lipinski definition) is 6. The number of nitrogens with one attached hydrogen (secondary N) is 6. The summed E-state index contributed by atoms with van der Waals surface area (Å²) in [6.45, 7) is 0. The smallest absolute Gasteiger partial charge is 0.744 e. The van der Waals surface area contributed by atoms with E-state index in [0.717, 1.165) is 34.9 Å². The second-order valence-corrected chi connectivity index (χ2v) is 16.6. The molecule has 0 amide bonds. The van der Waals surface area contributed by atoms with Crippen molar-refractivity contribution in [2.24, 2.45) is 0 Å². The van der Waals surface area contributed by atoms with Crippen LogP contribution in [0.3, 0.4) is 0 Å². The summed E-state index contributed by atoms with van der Waals surface area (Å²) in [6.07, 6.45) is 2.47. The molecule has 0 unspecified atom stereocenters. The molecule has 0 saturated carbocycles. The van der Waals surface area contributed by atoms with Gasteiger partial charge in [-0.15, -0.1) is 0 Å². The SMILES string of the molecule is O=S(=O)([O-])c1cc(Nc2nc(Nc3ccccc3)cc(Nc3ccccc3)n2)ccc1/C=C/c1ccc(Nc2nc(Nc3ccccc3)cc(Nc3ccccc3)n2)cc1S(=O)(=O)[O-].[Na+].[Na+]. The average molecular weight is 935 g/mol. The van der Waals surface area contributed by atoms with E-state index in [0.29, 0.717) is 23.3 Å². The van der Waals surface area contributed by atoms with Crippen LogP contribution in [0.2, 0.25) is 0 Å². The van der Waals surface area contributed by atoms with Gasteiger partial charge in [0.25, 0.3) is 0 Å². The van der Waals surface area contributed by atoms with Crippen LogP contribution in [0.5, 0.6) is 0 Å². The molecular weight excluding hydrogens is 899 g/mol. The molecule has 6 N–H and O–H groups in total. The van der Waals surface area contributed by atoms with Gasteiger partial charge in [-0.1, -0.05) is 97.1 Å². The fraction of sp³-hybridized carbons (Fsp3) is 0. The van der Waals surface area contributed by atoms with Gasteiger partial charge in [-0.2, -0.15) is 19.9 Å². The van der Waals surface area contributed by atoms with Crippen LogP contribution in [0.15, 0.2) is 180 Å². The molecule has 0 aliphatic rings. The Balaban J connectivity index is 0.00000360. The van der Waals surface area contributed by atoms with Crippen molar-refractivity contribution in [2.75, 3.05) is 31.9 Å². The van der Waals surface area contributed by atoms with Gasteiger partial charge in [-0.05, 0) is 83.9 Å². The summed E-state index contributed by atoms with van der Waals surface area (Å²) in [6, 6.07) is 48.6. The number of para-hydroxylation sites is 4. The zero-order valence-corrected chi connectivity index (χ0v) is 41.0. The van der Waals surface area contributed by atoms with E-state index in [1.165, 1.54) is 36.4 Å². The molecule has 16 nitrogen and oxygen atoms in total. The summed E-state index contributed by atoms with van der Waals surface area (Å²) in [4.78, 5) is 16.9. The molecule has 8 rings (SSSR count). The zero-order valence-electron chi connectivity index (χ0n) is 35.4. The predicted molar refractivity (Wildman–Crippen MR) is 247 cm³/mol. The minimum absolute atomic E-state index is 0. The van der Waals surface area contributed by atoms with Gasteiger partial charge >= 0.3 is 59.1 Å². The predicted octanol–water partition coefficient (Wildman–Crippen LogP) is 3.71. The quantitative estimate of drug-likeness (QED) is 0.0460. The van der Waals surface area contributed by atoms with E-state index in [2.05, 4.69) is 51.8 Å². The molecule has 0 saturated heterocycles. The maximum absolute atomic E-state index is 12.6. The zero-order chi connectivity index (χ0) is 44.5. The Labute approximate surface area is 425 Å². The molecule has 0 spiro atoms. The van der Waals surface area contributed by atoms with E-state index in [1.807, 2.05) is 121 Å². The van der Waals surface area contributed by atoms with Crippen molar-refractivity contribution in [3.63, 3.8) is 0 Å². The van der Waals surface area contributed by atoms with Crippen LogP contribution in [-0.2, 0) is 20.2 Å². The molecule has 0 atom stereocenters. The van der Waals surface area contributed by atoms with Gasteiger partial charge in [0.1, 0.15) is 43.5 Å². The third-order valence-electron chi connectivity index (χ3n) is 9.16. The van der Waals surface area contributed by atoms with Crippen molar-refractivity contribution in [3.8, 4) is 0 Å². The number of nitrogens with zero attached hydrogens (tertiary/aromatic N) is 4. The third-order valence-corrected chi connectivity index (χ3v) is 10.9.